The Morgan fingerprint density at radius 1 is 0.939 bits per heavy atom. The van der Waals surface area contributed by atoms with Gasteiger partial charge in [0.2, 0.25) is 5.43 Å². The van der Waals surface area contributed by atoms with E-state index in [0.717, 1.165) is 30.3 Å². The zero-order valence-electron chi connectivity index (χ0n) is 19.6. The van der Waals surface area contributed by atoms with Crippen LogP contribution in [0.2, 0.25) is 0 Å². The second-order valence-electron chi connectivity index (χ2n) is 11.9. The predicted molar refractivity (Wildman–Crippen MR) is 131 cm³/mol. The molecule has 33 heavy (non-hydrogen) atoms. The van der Waals surface area contributed by atoms with Crippen LogP contribution in [0.4, 0.5) is 0 Å². The molecule has 3 aromatic rings. The first kappa shape index (κ1) is 20.7. The maximum absolute atomic E-state index is 13.7. The fraction of sp³-hybridized carbons (Fsp3) is 0.448. The topological polar surface area (TPSA) is 51.1 Å². The van der Waals surface area contributed by atoms with Gasteiger partial charge in [0.05, 0.1) is 5.52 Å². The van der Waals surface area contributed by atoms with Gasteiger partial charge in [-0.15, -0.1) is 0 Å². The van der Waals surface area contributed by atoms with Crippen molar-refractivity contribution in [2.45, 2.75) is 64.5 Å². The van der Waals surface area contributed by atoms with Gasteiger partial charge in [-0.25, -0.2) is 0 Å². The zero-order valence-corrected chi connectivity index (χ0v) is 19.6. The SMILES string of the molecule is C[C@]12CC3CC(NC(=O)c4cn(Cc5ccccc5)c5ccccc5c4=O)(C1)C[C@@](C)(C3)C2. The molecule has 7 rings (SSSR count). The van der Waals surface area contributed by atoms with E-state index in [0.29, 0.717) is 28.7 Å². The first-order valence-electron chi connectivity index (χ1n) is 12.2. The molecule has 1 N–H and O–H groups in total. The quantitative estimate of drug-likeness (QED) is 0.580. The normalized spacial score (nSPS) is 32.2. The van der Waals surface area contributed by atoms with Crippen molar-refractivity contribution in [2.24, 2.45) is 16.7 Å². The number of carbonyl (C=O) groups is 1. The number of nitrogens with zero attached hydrogens (tertiary/aromatic N) is 1. The molecule has 0 radical (unpaired) electrons. The van der Waals surface area contributed by atoms with Crippen LogP contribution >= 0.6 is 0 Å². The summed E-state index contributed by atoms with van der Waals surface area (Å²) in [4.78, 5) is 27.1. The largest absolute Gasteiger partial charge is 0.346 e. The van der Waals surface area contributed by atoms with Gasteiger partial charge in [0.25, 0.3) is 5.91 Å². The number of nitrogens with one attached hydrogen (secondary N) is 1. The number of carbonyl (C=O) groups excluding carboxylic acids is 1. The van der Waals surface area contributed by atoms with E-state index >= 15 is 0 Å². The molecule has 4 aliphatic rings. The Morgan fingerprint density at radius 2 is 1.61 bits per heavy atom. The highest BCUT2D eigenvalue weighted by Gasteiger charge is 2.60. The van der Waals surface area contributed by atoms with Crippen LogP contribution in [0.5, 0.6) is 0 Å². The van der Waals surface area contributed by atoms with Crippen molar-refractivity contribution in [3.05, 3.63) is 82.1 Å². The lowest BCUT2D eigenvalue weighted by Gasteiger charge is -2.65. The Bertz CT molecular complexity index is 1290. The summed E-state index contributed by atoms with van der Waals surface area (Å²) in [6.45, 7) is 5.42. The summed E-state index contributed by atoms with van der Waals surface area (Å²) in [5.41, 5.74) is 2.52. The summed E-state index contributed by atoms with van der Waals surface area (Å²) in [7, 11) is 0. The Hall–Kier alpha value is -2.88. The summed E-state index contributed by atoms with van der Waals surface area (Å²) in [6.07, 6.45) is 8.70. The average molecular weight is 441 g/mol. The standard InChI is InChI=1S/C29H32N2O2/c1-27-12-21-13-28(2,17-27)19-29(14-21,18-27)30-26(33)23-16-31(15-20-8-4-3-5-9-20)24-11-7-6-10-22(24)25(23)32/h3-11,16,21H,12-15,17-19H2,1-2H3,(H,30,33)/t21?,27-,28+,29?. The summed E-state index contributed by atoms with van der Waals surface area (Å²) in [5, 5.41) is 4.04. The minimum atomic E-state index is -0.207. The van der Waals surface area contributed by atoms with E-state index in [2.05, 4.69) is 31.3 Å². The molecule has 0 spiro atoms. The molecule has 0 saturated heterocycles. The van der Waals surface area contributed by atoms with E-state index in [-0.39, 0.29) is 22.4 Å². The fourth-order valence-electron chi connectivity index (χ4n) is 8.31. The monoisotopic (exact) mass is 440 g/mol. The number of amides is 1. The third-order valence-electron chi connectivity index (χ3n) is 8.43. The van der Waals surface area contributed by atoms with Gasteiger partial charge in [-0.05, 0) is 73.0 Å². The van der Waals surface area contributed by atoms with Gasteiger partial charge < -0.3 is 9.88 Å². The number of fused-ring (bicyclic) bond motifs is 1. The van der Waals surface area contributed by atoms with Gasteiger partial charge in [-0.1, -0.05) is 56.3 Å². The molecule has 4 saturated carbocycles. The highest BCUT2D eigenvalue weighted by atomic mass is 16.2. The van der Waals surface area contributed by atoms with Crippen LogP contribution < -0.4 is 10.7 Å². The second-order valence-corrected chi connectivity index (χ2v) is 11.9. The van der Waals surface area contributed by atoms with Crippen LogP contribution in [0, 0.1) is 16.7 Å². The van der Waals surface area contributed by atoms with Crippen molar-refractivity contribution in [2.75, 3.05) is 0 Å². The van der Waals surface area contributed by atoms with Crippen molar-refractivity contribution in [1.29, 1.82) is 0 Å². The van der Waals surface area contributed by atoms with Crippen LogP contribution in [-0.4, -0.2) is 16.0 Å². The molecule has 1 heterocycles. The highest BCUT2D eigenvalue weighted by Crippen LogP contribution is 2.66. The Kier molecular flexibility index (Phi) is 4.43. The molecule has 4 atom stereocenters. The molecule has 2 aromatic carbocycles. The number of hydrogen-bond acceptors (Lipinski definition) is 2. The van der Waals surface area contributed by atoms with Crippen LogP contribution in [0.1, 0.15) is 68.3 Å². The molecule has 170 valence electrons. The molecule has 4 aliphatic carbocycles. The molecule has 4 bridgehead atoms. The maximum Gasteiger partial charge on any atom is 0.257 e. The van der Waals surface area contributed by atoms with E-state index < -0.39 is 0 Å². The maximum atomic E-state index is 13.7. The van der Waals surface area contributed by atoms with Crippen LogP contribution in [0.3, 0.4) is 0 Å². The lowest BCUT2D eigenvalue weighted by molar-refractivity contribution is -0.114. The first-order valence-corrected chi connectivity index (χ1v) is 12.2. The van der Waals surface area contributed by atoms with E-state index in [1.54, 1.807) is 6.20 Å². The number of rotatable bonds is 4. The smallest absolute Gasteiger partial charge is 0.257 e. The van der Waals surface area contributed by atoms with E-state index in [4.69, 9.17) is 0 Å². The molecule has 0 aliphatic heterocycles. The Morgan fingerprint density at radius 3 is 2.30 bits per heavy atom. The summed E-state index contributed by atoms with van der Waals surface area (Å²) in [5.74, 6) is 0.476. The van der Waals surface area contributed by atoms with Gasteiger partial charge in [0.1, 0.15) is 5.56 Å². The highest BCUT2D eigenvalue weighted by molar-refractivity contribution is 5.97. The summed E-state index contributed by atoms with van der Waals surface area (Å²) in [6, 6.07) is 17.8. The number of hydrogen-bond donors (Lipinski definition) is 1. The van der Waals surface area contributed by atoms with Crippen LogP contribution in [0.25, 0.3) is 10.9 Å². The third kappa shape index (κ3) is 3.51. The Labute approximate surface area is 195 Å². The molecule has 4 heteroatoms. The summed E-state index contributed by atoms with van der Waals surface area (Å²) >= 11 is 0. The molecule has 1 aromatic heterocycles. The molecule has 4 nitrogen and oxygen atoms in total. The van der Waals surface area contributed by atoms with Crippen molar-refractivity contribution < 1.29 is 4.79 Å². The van der Waals surface area contributed by atoms with Crippen molar-refractivity contribution in [1.82, 2.24) is 9.88 Å². The lowest BCUT2D eigenvalue weighted by atomic mass is 9.43. The zero-order chi connectivity index (χ0) is 22.8. The number of aromatic nitrogens is 1. The first-order chi connectivity index (χ1) is 15.8. The molecule has 1 amide bonds. The fourth-order valence-corrected chi connectivity index (χ4v) is 8.31. The number of pyridine rings is 1. The molecular formula is C29H32N2O2. The van der Waals surface area contributed by atoms with Gasteiger partial charge in [0.15, 0.2) is 0 Å². The molecule has 4 fully saturated rings. The van der Waals surface area contributed by atoms with Gasteiger partial charge in [-0.2, -0.15) is 0 Å². The van der Waals surface area contributed by atoms with Crippen LogP contribution in [-0.2, 0) is 6.54 Å². The minimum absolute atomic E-state index is 0.172. The predicted octanol–water partition coefficient (Wildman–Crippen LogP) is 5.53. The van der Waals surface area contributed by atoms with Gasteiger partial charge in [-0.3, -0.25) is 9.59 Å². The van der Waals surface area contributed by atoms with E-state index in [9.17, 15) is 9.59 Å². The Balaban J connectivity index is 1.39. The van der Waals surface area contributed by atoms with Crippen molar-refractivity contribution in [3.8, 4) is 0 Å². The molecule has 2 unspecified atom stereocenters. The van der Waals surface area contributed by atoms with Crippen molar-refractivity contribution in [3.63, 3.8) is 0 Å². The van der Waals surface area contributed by atoms with Gasteiger partial charge in [0, 0.05) is 23.7 Å². The lowest BCUT2D eigenvalue weighted by Crippen LogP contribution is -2.65. The number of benzene rings is 2. The average Bonchev–Trinajstić information content (AvgIpc) is 2.73. The van der Waals surface area contributed by atoms with E-state index in [1.807, 2.05) is 47.0 Å². The second kappa shape index (κ2) is 7.06. The van der Waals surface area contributed by atoms with Gasteiger partial charge >= 0.3 is 0 Å². The number of para-hydroxylation sites is 1. The molecular weight excluding hydrogens is 408 g/mol. The minimum Gasteiger partial charge on any atom is -0.346 e. The van der Waals surface area contributed by atoms with Crippen molar-refractivity contribution >= 4 is 16.8 Å². The van der Waals surface area contributed by atoms with E-state index in [1.165, 1.54) is 19.3 Å². The summed E-state index contributed by atoms with van der Waals surface area (Å²) < 4.78 is 2.04. The third-order valence-corrected chi connectivity index (χ3v) is 8.43. The van der Waals surface area contributed by atoms with Crippen LogP contribution in [0.15, 0.2) is 65.6 Å².